The Morgan fingerprint density at radius 2 is 2.19 bits per heavy atom. The van der Waals surface area contributed by atoms with Crippen LogP contribution >= 0.6 is 11.3 Å². The molecule has 1 aliphatic heterocycles. The molecule has 3 heterocycles. The van der Waals surface area contributed by atoms with Gasteiger partial charge in [-0.1, -0.05) is 11.3 Å². The number of aromatic amines is 1. The van der Waals surface area contributed by atoms with Gasteiger partial charge in [-0.25, -0.2) is 4.98 Å². The van der Waals surface area contributed by atoms with Crippen LogP contribution in [0.15, 0.2) is 29.8 Å². The molecule has 0 saturated carbocycles. The minimum atomic E-state index is -0.0149. The van der Waals surface area contributed by atoms with Crippen LogP contribution in [0.5, 0.6) is 5.19 Å². The van der Waals surface area contributed by atoms with Gasteiger partial charge in [-0.2, -0.15) is 15.4 Å². The number of benzene rings is 1. The fourth-order valence-electron chi connectivity index (χ4n) is 2.25. The maximum atomic E-state index is 12.3. The van der Waals surface area contributed by atoms with Gasteiger partial charge < -0.3 is 9.64 Å². The first kappa shape index (κ1) is 12.3. The van der Waals surface area contributed by atoms with E-state index in [4.69, 9.17) is 4.74 Å². The molecule has 1 saturated heterocycles. The SMILES string of the molecule is O=C(c1ccc2n[nH]nc2c1)N1CC(Oc2nccs2)C1. The number of carbonyl (C=O) groups is 1. The summed E-state index contributed by atoms with van der Waals surface area (Å²) in [5, 5.41) is 13.0. The van der Waals surface area contributed by atoms with Crippen LogP contribution in [0.25, 0.3) is 11.0 Å². The van der Waals surface area contributed by atoms with Crippen LogP contribution in [0.1, 0.15) is 10.4 Å². The predicted octanol–water partition coefficient (Wildman–Crippen LogP) is 1.32. The molecule has 1 fully saturated rings. The summed E-state index contributed by atoms with van der Waals surface area (Å²) in [6, 6.07) is 5.30. The van der Waals surface area contributed by atoms with Crippen LogP contribution in [0.3, 0.4) is 0 Å². The van der Waals surface area contributed by atoms with E-state index in [0.717, 1.165) is 5.52 Å². The molecule has 4 rings (SSSR count). The number of nitrogens with one attached hydrogen (secondary N) is 1. The third-order valence-corrected chi connectivity index (χ3v) is 4.04. The lowest BCUT2D eigenvalue weighted by Gasteiger charge is -2.38. The Labute approximate surface area is 123 Å². The monoisotopic (exact) mass is 301 g/mol. The van der Waals surface area contributed by atoms with E-state index in [1.165, 1.54) is 11.3 Å². The highest BCUT2D eigenvalue weighted by Crippen LogP contribution is 2.22. The number of fused-ring (bicyclic) bond motifs is 1. The Morgan fingerprint density at radius 3 is 3.00 bits per heavy atom. The summed E-state index contributed by atoms with van der Waals surface area (Å²) in [6.07, 6.45) is 1.73. The third kappa shape index (κ3) is 2.23. The number of carbonyl (C=O) groups excluding carboxylic acids is 1. The van der Waals surface area contributed by atoms with Gasteiger partial charge >= 0.3 is 0 Å². The lowest BCUT2D eigenvalue weighted by molar-refractivity contribution is 0.0177. The number of likely N-dealkylation sites (tertiary alicyclic amines) is 1. The molecule has 1 aliphatic rings. The summed E-state index contributed by atoms with van der Waals surface area (Å²) in [5.41, 5.74) is 2.06. The van der Waals surface area contributed by atoms with E-state index in [1.54, 1.807) is 29.3 Å². The van der Waals surface area contributed by atoms with E-state index in [-0.39, 0.29) is 12.0 Å². The molecule has 0 spiro atoms. The van der Waals surface area contributed by atoms with E-state index in [1.807, 2.05) is 5.38 Å². The van der Waals surface area contributed by atoms with Crippen molar-refractivity contribution >= 4 is 28.3 Å². The minimum absolute atomic E-state index is 0.0149. The van der Waals surface area contributed by atoms with Crippen molar-refractivity contribution in [1.82, 2.24) is 25.3 Å². The molecule has 3 aromatic rings. The topological polar surface area (TPSA) is 84.0 Å². The highest BCUT2D eigenvalue weighted by molar-refractivity contribution is 7.11. The molecule has 1 N–H and O–H groups in total. The molecule has 0 atom stereocenters. The van der Waals surface area contributed by atoms with Gasteiger partial charge in [0.2, 0.25) is 0 Å². The fourth-order valence-corrected chi connectivity index (χ4v) is 2.80. The van der Waals surface area contributed by atoms with Gasteiger partial charge in [-0.05, 0) is 18.2 Å². The molecule has 1 amide bonds. The Bertz CT molecular complexity index is 779. The maximum Gasteiger partial charge on any atom is 0.273 e. The molecule has 1 aromatic carbocycles. The smallest absolute Gasteiger partial charge is 0.273 e. The summed E-state index contributed by atoms with van der Waals surface area (Å²) >= 11 is 1.45. The number of amides is 1. The van der Waals surface area contributed by atoms with Crippen molar-refractivity contribution in [1.29, 1.82) is 0 Å². The van der Waals surface area contributed by atoms with Crippen LogP contribution in [-0.2, 0) is 0 Å². The van der Waals surface area contributed by atoms with E-state index in [2.05, 4.69) is 20.4 Å². The van der Waals surface area contributed by atoms with Crippen molar-refractivity contribution in [3.05, 3.63) is 35.3 Å². The third-order valence-electron chi connectivity index (χ3n) is 3.38. The molecule has 0 radical (unpaired) electrons. The largest absolute Gasteiger partial charge is 0.463 e. The Hall–Kier alpha value is -2.48. The fraction of sp³-hybridized carbons (Fsp3) is 0.231. The maximum absolute atomic E-state index is 12.3. The van der Waals surface area contributed by atoms with Crippen LogP contribution in [-0.4, -0.2) is 50.4 Å². The lowest BCUT2D eigenvalue weighted by Crippen LogP contribution is -2.56. The van der Waals surface area contributed by atoms with Crippen molar-refractivity contribution < 1.29 is 9.53 Å². The van der Waals surface area contributed by atoms with Gasteiger partial charge in [0.25, 0.3) is 11.1 Å². The number of H-pyrrole nitrogens is 1. The number of hydrogen-bond donors (Lipinski definition) is 1. The number of nitrogens with zero attached hydrogens (tertiary/aromatic N) is 4. The molecule has 2 aromatic heterocycles. The molecule has 0 unspecified atom stereocenters. The van der Waals surface area contributed by atoms with Crippen molar-refractivity contribution in [3.8, 4) is 5.19 Å². The molecule has 21 heavy (non-hydrogen) atoms. The van der Waals surface area contributed by atoms with E-state index in [0.29, 0.717) is 29.4 Å². The Balaban J connectivity index is 1.42. The van der Waals surface area contributed by atoms with Gasteiger partial charge in [-0.15, -0.1) is 0 Å². The summed E-state index contributed by atoms with van der Waals surface area (Å²) in [5.74, 6) is -0.0149. The Morgan fingerprint density at radius 1 is 1.33 bits per heavy atom. The molecule has 0 aliphatic carbocycles. The second kappa shape index (κ2) is 4.81. The quantitative estimate of drug-likeness (QED) is 0.788. The normalized spacial score (nSPS) is 15.1. The number of thiazole rings is 1. The number of rotatable bonds is 3. The zero-order valence-corrected chi connectivity index (χ0v) is 11.7. The number of ether oxygens (including phenoxy) is 1. The first-order valence-electron chi connectivity index (χ1n) is 6.45. The second-order valence-electron chi connectivity index (χ2n) is 4.78. The van der Waals surface area contributed by atoms with Crippen LogP contribution in [0.2, 0.25) is 0 Å². The molecule has 8 heteroatoms. The minimum Gasteiger partial charge on any atom is -0.463 e. The Kier molecular flexibility index (Phi) is 2.81. The van der Waals surface area contributed by atoms with Gasteiger partial charge in [0.05, 0.1) is 13.1 Å². The van der Waals surface area contributed by atoms with Crippen LogP contribution in [0.4, 0.5) is 0 Å². The van der Waals surface area contributed by atoms with Gasteiger partial charge in [0.1, 0.15) is 17.1 Å². The zero-order valence-electron chi connectivity index (χ0n) is 10.9. The predicted molar refractivity (Wildman–Crippen MR) is 76.3 cm³/mol. The summed E-state index contributed by atoms with van der Waals surface area (Å²) in [6.45, 7) is 1.16. The van der Waals surface area contributed by atoms with Crippen molar-refractivity contribution in [2.45, 2.75) is 6.10 Å². The van der Waals surface area contributed by atoms with Crippen molar-refractivity contribution in [2.24, 2.45) is 0 Å². The van der Waals surface area contributed by atoms with Crippen LogP contribution in [0, 0.1) is 0 Å². The summed E-state index contributed by atoms with van der Waals surface area (Å²) in [4.78, 5) is 18.2. The lowest BCUT2D eigenvalue weighted by atomic mass is 10.1. The second-order valence-corrected chi connectivity index (χ2v) is 5.63. The highest BCUT2D eigenvalue weighted by Gasteiger charge is 2.33. The summed E-state index contributed by atoms with van der Waals surface area (Å²) < 4.78 is 5.65. The van der Waals surface area contributed by atoms with E-state index >= 15 is 0 Å². The van der Waals surface area contributed by atoms with E-state index < -0.39 is 0 Å². The van der Waals surface area contributed by atoms with Gasteiger partial charge in [0.15, 0.2) is 0 Å². The molecule has 7 nitrogen and oxygen atoms in total. The van der Waals surface area contributed by atoms with E-state index in [9.17, 15) is 4.79 Å². The summed E-state index contributed by atoms with van der Waals surface area (Å²) in [7, 11) is 0. The number of hydrogen-bond acceptors (Lipinski definition) is 6. The van der Waals surface area contributed by atoms with Gasteiger partial charge in [-0.3, -0.25) is 4.79 Å². The average molecular weight is 301 g/mol. The zero-order chi connectivity index (χ0) is 14.2. The van der Waals surface area contributed by atoms with Crippen LogP contribution < -0.4 is 4.74 Å². The molecular formula is C13H11N5O2S. The average Bonchev–Trinajstić information content (AvgIpc) is 3.11. The van der Waals surface area contributed by atoms with Gasteiger partial charge in [0, 0.05) is 17.1 Å². The van der Waals surface area contributed by atoms with Crippen molar-refractivity contribution in [2.75, 3.05) is 13.1 Å². The molecule has 0 bridgehead atoms. The first-order chi connectivity index (χ1) is 10.3. The number of aromatic nitrogens is 4. The first-order valence-corrected chi connectivity index (χ1v) is 7.33. The van der Waals surface area contributed by atoms with Crippen molar-refractivity contribution in [3.63, 3.8) is 0 Å². The highest BCUT2D eigenvalue weighted by atomic mass is 32.1. The standard InChI is InChI=1S/C13H11N5O2S/c19-12(8-1-2-10-11(5-8)16-17-15-10)18-6-9(7-18)20-13-14-3-4-21-13/h1-5,9H,6-7H2,(H,15,16,17). The molecule has 106 valence electrons. The molecular weight excluding hydrogens is 290 g/mol.